The van der Waals surface area contributed by atoms with Crippen LogP contribution in [0, 0.1) is 13.8 Å². The van der Waals surface area contributed by atoms with Crippen LogP contribution in [0.3, 0.4) is 0 Å². The Balaban J connectivity index is 1.59. The van der Waals surface area contributed by atoms with E-state index < -0.39 is 11.9 Å². The molecule has 2 aromatic heterocycles. The number of allylic oxidation sites excluding steroid dienone is 1. The number of carbonyl (C=O) groups excluding carboxylic acids is 3. The number of rotatable bonds is 6. The van der Waals surface area contributed by atoms with Gasteiger partial charge in [-0.15, -0.1) is 0 Å². The summed E-state index contributed by atoms with van der Waals surface area (Å²) in [4.78, 5) is 46.5. The number of ether oxygens (including phenoxy) is 1. The predicted molar refractivity (Wildman–Crippen MR) is 134 cm³/mol. The highest BCUT2D eigenvalue weighted by Gasteiger charge is 2.26. The van der Waals surface area contributed by atoms with Gasteiger partial charge in [-0.2, -0.15) is 5.10 Å². The number of hydrogen-bond donors (Lipinski definition) is 3. The molecule has 0 spiro atoms. The van der Waals surface area contributed by atoms with Crippen molar-refractivity contribution in [3.8, 4) is 0 Å². The SMILES string of the molecule is CCOC(=O)C1=C(C)Nc2ccccc2N=C1NC(=O)CCc1c(C)nc2c(C(N)=O)cnn2c1C. The van der Waals surface area contributed by atoms with Crippen LogP contribution in [-0.2, 0) is 20.7 Å². The molecule has 1 aromatic carbocycles. The third-order valence-electron chi connectivity index (χ3n) is 5.88. The van der Waals surface area contributed by atoms with Gasteiger partial charge in [0, 0.05) is 23.5 Å². The van der Waals surface area contributed by atoms with E-state index >= 15 is 0 Å². The van der Waals surface area contributed by atoms with E-state index in [4.69, 9.17) is 10.5 Å². The van der Waals surface area contributed by atoms with Crippen LogP contribution in [0.2, 0.25) is 0 Å². The van der Waals surface area contributed by atoms with Crippen LogP contribution in [0.4, 0.5) is 11.4 Å². The second-order valence-electron chi connectivity index (χ2n) is 8.29. The van der Waals surface area contributed by atoms with Crippen molar-refractivity contribution in [3.05, 3.63) is 64.2 Å². The molecule has 0 fully saturated rings. The summed E-state index contributed by atoms with van der Waals surface area (Å²) in [6.07, 6.45) is 1.84. The van der Waals surface area contributed by atoms with E-state index in [9.17, 15) is 14.4 Å². The Morgan fingerprint density at radius 2 is 1.92 bits per heavy atom. The lowest BCUT2D eigenvalue weighted by Crippen LogP contribution is -2.35. The molecule has 0 bridgehead atoms. The summed E-state index contributed by atoms with van der Waals surface area (Å²) in [5, 5.41) is 10.2. The largest absolute Gasteiger partial charge is 0.462 e. The minimum atomic E-state index is -0.607. The number of anilines is 1. The van der Waals surface area contributed by atoms with Crippen LogP contribution in [0.1, 0.15) is 47.6 Å². The monoisotopic (exact) mass is 489 g/mol. The predicted octanol–water partition coefficient (Wildman–Crippen LogP) is 2.49. The standard InChI is InChI=1S/C25H27N7O4/c1-5-36-25(35)21-14(3)28-18-8-6-7-9-19(18)30-23(21)31-20(33)11-10-16-13(2)29-24-17(22(26)34)12-27-32(24)15(16)4/h6-9,12,28H,5,10-11H2,1-4H3,(H2,26,34)(H,30,31,33). The summed E-state index contributed by atoms with van der Waals surface area (Å²) >= 11 is 0. The molecule has 0 saturated heterocycles. The number of esters is 1. The summed E-state index contributed by atoms with van der Waals surface area (Å²) in [5.41, 5.74) is 10.2. The van der Waals surface area contributed by atoms with Crippen LogP contribution >= 0.6 is 0 Å². The fourth-order valence-electron chi connectivity index (χ4n) is 4.12. The first kappa shape index (κ1) is 24.6. The molecular weight excluding hydrogens is 462 g/mol. The fourth-order valence-corrected chi connectivity index (χ4v) is 4.12. The Hall–Kier alpha value is -4.54. The third-order valence-corrected chi connectivity index (χ3v) is 5.88. The average Bonchev–Trinajstić information content (AvgIpc) is 3.18. The Bertz CT molecular complexity index is 1450. The van der Waals surface area contributed by atoms with Gasteiger partial charge in [0.1, 0.15) is 17.0 Å². The number of primary amides is 1. The minimum absolute atomic E-state index is 0.0993. The van der Waals surface area contributed by atoms with Gasteiger partial charge >= 0.3 is 5.97 Å². The number of aliphatic imine (C=N–C) groups is 1. The lowest BCUT2D eigenvalue weighted by Gasteiger charge is -2.14. The van der Waals surface area contributed by atoms with Gasteiger partial charge in [0.05, 0.1) is 24.2 Å². The maximum atomic E-state index is 13.0. The second-order valence-corrected chi connectivity index (χ2v) is 8.29. The molecular formula is C25H27N7O4. The topological polar surface area (TPSA) is 153 Å². The maximum Gasteiger partial charge on any atom is 0.343 e. The van der Waals surface area contributed by atoms with Crippen molar-refractivity contribution in [2.24, 2.45) is 10.7 Å². The van der Waals surface area contributed by atoms with Crippen molar-refractivity contribution in [1.29, 1.82) is 0 Å². The van der Waals surface area contributed by atoms with Gasteiger partial charge in [0.2, 0.25) is 5.91 Å². The highest BCUT2D eigenvalue weighted by molar-refractivity contribution is 6.24. The lowest BCUT2D eigenvalue weighted by molar-refractivity contribution is -0.137. The molecule has 36 heavy (non-hydrogen) atoms. The van der Waals surface area contributed by atoms with E-state index in [1.54, 1.807) is 31.4 Å². The number of benzene rings is 1. The number of nitrogens with zero attached hydrogens (tertiary/aromatic N) is 4. The summed E-state index contributed by atoms with van der Waals surface area (Å²) in [7, 11) is 0. The summed E-state index contributed by atoms with van der Waals surface area (Å²) in [5.74, 6) is -1.41. The fraction of sp³-hybridized carbons (Fsp3) is 0.280. The Morgan fingerprint density at radius 3 is 2.64 bits per heavy atom. The first-order valence-electron chi connectivity index (χ1n) is 11.5. The minimum Gasteiger partial charge on any atom is -0.462 e. The molecule has 2 amide bonds. The van der Waals surface area contributed by atoms with Crippen molar-refractivity contribution in [2.45, 2.75) is 40.5 Å². The van der Waals surface area contributed by atoms with Crippen LogP contribution in [0.25, 0.3) is 5.65 Å². The van der Waals surface area contributed by atoms with Crippen molar-refractivity contribution in [3.63, 3.8) is 0 Å². The molecule has 0 atom stereocenters. The average molecular weight is 490 g/mol. The van der Waals surface area contributed by atoms with E-state index in [0.29, 0.717) is 34.8 Å². The molecule has 3 heterocycles. The first-order valence-corrected chi connectivity index (χ1v) is 11.5. The van der Waals surface area contributed by atoms with Crippen molar-refractivity contribution in [2.75, 3.05) is 11.9 Å². The second kappa shape index (κ2) is 9.98. The van der Waals surface area contributed by atoms with Crippen LogP contribution < -0.4 is 16.4 Å². The summed E-state index contributed by atoms with van der Waals surface area (Å²) in [6, 6.07) is 7.29. The molecule has 1 aliphatic rings. The normalized spacial score (nSPS) is 12.9. The van der Waals surface area contributed by atoms with E-state index in [-0.39, 0.29) is 35.9 Å². The third kappa shape index (κ3) is 4.67. The zero-order chi connectivity index (χ0) is 26.0. The Labute approximate surface area is 207 Å². The smallest absolute Gasteiger partial charge is 0.343 e. The number of fused-ring (bicyclic) bond motifs is 2. The molecule has 11 heteroatoms. The summed E-state index contributed by atoms with van der Waals surface area (Å²) in [6.45, 7) is 7.27. The molecule has 4 N–H and O–H groups in total. The lowest BCUT2D eigenvalue weighted by atomic mass is 10.1. The highest BCUT2D eigenvalue weighted by Crippen LogP contribution is 2.30. The van der Waals surface area contributed by atoms with Crippen LogP contribution in [-0.4, -0.2) is 44.8 Å². The van der Waals surface area contributed by atoms with Gasteiger partial charge in [0.15, 0.2) is 5.65 Å². The number of hydrogen-bond acceptors (Lipinski definition) is 8. The van der Waals surface area contributed by atoms with Crippen molar-refractivity contribution >= 4 is 40.6 Å². The first-order chi connectivity index (χ1) is 17.2. The van der Waals surface area contributed by atoms with Gasteiger partial charge < -0.3 is 21.1 Å². The van der Waals surface area contributed by atoms with Crippen LogP contribution in [0.5, 0.6) is 0 Å². The molecule has 4 rings (SSSR count). The number of nitrogens with one attached hydrogen (secondary N) is 2. The van der Waals surface area contributed by atoms with Gasteiger partial charge in [0.25, 0.3) is 5.91 Å². The molecule has 0 radical (unpaired) electrons. The van der Waals surface area contributed by atoms with Crippen molar-refractivity contribution in [1.82, 2.24) is 19.9 Å². The molecule has 1 aliphatic heterocycles. The number of amides is 2. The zero-order valence-electron chi connectivity index (χ0n) is 20.5. The van der Waals surface area contributed by atoms with E-state index in [1.807, 2.05) is 25.1 Å². The molecule has 3 aromatic rings. The quantitative estimate of drug-likeness (QED) is 0.450. The number of para-hydroxylation sites is 2. The Kier molecular flexibility index (Phi) is 6.82. The molecule has 11 nitrogen and oxygen atoms in total. The Morgan fingerprint density at radius 1 is 1.17 bits per heavy atom. The van der Waals surface area contributed by atoms with Crippen LogP contribution in [0.15, 0.2) is 46.7 Å². The zero-order valence-corrected chi connectivity index (χ0v) is 20.5. The summed E-state index contributed by atoms with van der Waals surface area (Å²) < 4.78 is 6.76. The maximum absolute atomic E-state index is 13.0. The molecule has 0 saturated carbocycles. The van der Waals surface area contributed by atoms with E-state index in [2.05, 4.69) is 25.7 Å². The van der Waals surface area contributed by atoms with E-state index in [1.165, 1.54) is 6.20 Å². The molecule has 0 aliphatic carbocycles. The highest BCUT2D eigenvalue weighted by atomic mass is 16.5. The number of aryl methyl sites for hydroxylation is 2. The molecule has 0 unspecified atom stereocenters. The van der Waals surface area contributed by atoms with Gasteiger partial charge in [-0.25, -0.2) is 19.3 Å². The molecule has 186 valence electrons. The number of nitrogens with two attached hydrogens (primary N) is 1. The van der Waals surface area contributed by atoms with E-state index in [0.717, 1.165) is 11.3 Å². The van der Waals surface area contributed by atoms with Gasteiger partial charge in [-0.05, 0) is 51.8 Å². The number of aromatic nitrogens is 3. The van der Waals surface area contributed by atoms with Crippen molar-refractivity contribution < 1.29 is 19.1 Å². The van der Waals surface area contributed by atoms with Gasteiger partial charge in [-0.1, -0.05) is 12.1 Å². The number of amidine groups is 1. The van der Waals surface area contributed by atoms with Gasteiger partial charge in [-0.3, -0.25) is 9.59 Å². The number of carbonyl (C=O) groups is 3.